The molecule has 43 heavy (non-hydrogen) atoms. The number of hydrogen-bond donors (Lipinski definition) is 5. The van der Waals surface area contributed by atoms with Crippen molar-refractivity contribution in [2.45, 2.75) is 57.3 Å². The first-order chi connectivity index (χ1) is 20.7. The van der Waals surface area contributed by atoms with Gasteiger partial charge in [0.2, 0.25) is 5.91 Å². The fraction of sp³-hybridized carbons (Fsp3) is 0.355. The summed E-state index contributed by atoms with van der Waals surface area (Å²) in [4.78, 5) is 33.2. The van der Waals surface area contributed by atoms with Crippen LogP contribution in [0.2, 0.25) is 0 Å². The highest BCUT2D eigenvalue weighted by molar-refractivity contribution is 5.99. The lowest BCUT2D eigenvalue weighted by molar-refractivity contribution is -0.128. The number of aliphatic hydroxyl groups is 2. The monoisotopic (exact) mass is 584 g/mol. The maximum atomic E-state index is 13.9. The fourth-order valence-corrected chi connectivity index (χ4v) is 5.23. The van der Waals surface area contributed by atoms with Crippen LogP contribution in [0.15, 0.2) is 66.9 Å². The molecule has 12 nitrogen and oxygen atoms in total. The van der Waals surface area contributed by atoms with Gasteiger partial charge in [0.05, 0.1) is 19.3 Å². The first kappa shape index (κ1) is 30.0. The highest BCUT2D eigenvalue weighted by atomic mass is 16.3. The largest absolute Gasteiger partial charge is 0.394 e. The van der Waals surface area contributed by atoms with Crippen molar-refractivity contribution in [1.82, 2.24) is 36.2 Å². The number of pyridine rings is 1. The van der Waals surface area contributed by atoms with E-state index in [2.05, 4.69) is 36.2 Å². The molecule has 0 bridgehead atoms. The second-order valence-corrected chi connectivity index (χ2v) is 11.3. The Balaban J connectivity index is 1.33. The van der Waals surface area contributed by atoms with Gasteiger partial charge in [-0.1, -0.05) is 54.6 Å². The Bertz CT molecular complexity index is 1540. The molecule has 224 valence electrons. The van der Waals surface area contributed by atoms with Crippen LogP contribution >= 0.6 is 0 Å². The molecule has 2 aromatic heterocycles. The van der Waals surface area contributed by atoms with Crippen LogP contribution in [0.3, 0.4) is 0 Å². The summed E-state index contributed by atoms with van der Waals surface area (Å²) in [5.74, 6) is 0.668. The highest BCUT2D eigenvalue weighted by Crippen LogP contribution is 2.31. The molecule has 0 saturated carbocycles. The van der Waals surface area contributed by atoms with Gasteiger partial charge >= 0.3 is 0 Å². The van der Waals surface area contributed by atoms with Gasteiger partial charge in [0.15, 0.2) is 5.82 Å². The van der Waals surface area contributed by atoms with Crippen LogP contribution in [-0.4, -0.2) is 78.5 Å². The molecular formula is C31H36N8O4. The lowest BCUT2D eigenvalue weighted by Crippen LogP contribution is -2.51. The zero-order valence-corrected chi connectivity index (χ0v) is 24.2. The van der Waals surface area contributed by atoms with E-state index in [9.17, 15) is 14.7 Å². The van der Waals surface area contributed by atoms with Crippen molar-refractivity contribution in [2.75, 3.05) is 18.1 Å². The third-order valence-electron chi connectivity index (χ3n) is 7.49. The number of amides is 2. The smallest absolute Gasteiger partial charge is 0.251 e. The van der Waals surface area contributed by atoms with E-state index in [4.69, 9.17) is 5.11 Å². The Morgan fingerprint density at radius 3 is 2.60 bits per heavy atom. The molecular weight excluding hydrogens is 548 g/mol. The molecule has 4 aromatic rings. The number of aromatic nitrogens is 5. The fourth-order valence-electron chi connectivity index (χ4n) is 5.23. The first-order valence-corrected chi connectivity index (χ1v) is 14.2. The van der Waals surface area contributed by atoms with Crippen LogP contribution in [0.5, 0.6) is 0 Å². The number of aromatic amines is 1. The van der Waals surface area contributed by atoms with Crippen molar-refractivity contribution >= 4 is 17.6 Å². The average molecular weight is 585 g/mol. The van der Waals surface area contributed by atoms with Gasteiger partial charge in [-0.2, -0.15) is 0 Å². The molecule has 12 heteroatoms. The van der Waals surface area contributed by atoms with Crippen LogP contribution in [0, 0.1) is 0 Å². The van der Waals surface area contributed by atoms with Crippen LogP contribution in [0.25, 0.3) is 22.5 Å². The second kappa shape index (κ2) is 13.2. The lowest BCUT2D eigenvalue weighted by atomic mass is 9.98. The number of H-pyrrole nitrogens is 1. The van der Waals surface area contributed by atoms with Gasteiger partial charge in [-0.05, 0) is 65.4 Å². The van der Waals surface area contributed by atoms with E-state index in [1.54, 1.807) is 11.1 Å². The summed E-state index contributed by atoms with van der Waals surface area (Å²) in [6, 6.07) is 18.9. The molecule has 2 aromatic carbocycles. The topological polar surface area (TPSA) is 169 Å². The van der Waals surface area contributed by atoms with Crippen molar-refractivity contribution in [3.63, 3.8) is 0 Å². The van der Waals surface area contributed by atoms with Gasteiger partial charge in [0.25, 0.3) is 5.91 Å². The maximum absolute atomic E-state index is 13.9. The predicted molar refractivity (Wildman–Crippen MR) is 161 cm³/mol. The molecule has 2 amide bonds. The van der Waals surface area contributed by atoms with Crippen molar-refractivity contribution in [2.24, 2.45) is 0 Å². The number of fused-ring (bicyclic) bond motifs is 1. The third-order valence-corrected chi connectivity index (χ3v) is 7.49. The molecule has 0 fully saturated rings. The number of carbonyl (C=O) groups excluding carboxylic acids is 2. The summed E-state index contributed by atoms with van der Waals surface area (Å²) in [6.07, 6.45) is 1.88. The Morgan fingerprint density at radius 2 is 1.88 bits per heavy atom. The van der Waals surface area contributed by atoms with E-state index in [0.717, 1.165) is 27.8 Å². The molecule has 3 heterocycles. The minimum atomic E-state index is -0.917. The Hall–Kier alpha value is -4.52. The van der Waals surface area contributed by atoms with Gasteiger partial charge in [-0.25, -0.2) is 10.1 Å². The number of nitrogens with zero attached hydrogens (tertiary/aromatic N) is 5. The predicted octanol–water partition coefficient (Wildman–Crippen LogP) is 2.00. The quantitative estimate of drug-likeness (QED) is 0.177. The van der Waals surface area contributed by atoms with Crippen molar-refractivity contribution in [3.05, 3.63) is 78.0 Å². The minimum Gasteiger partial charge on any atom is -0.394 e. The van der Waals surface area contributed by atoms with Gasteiger partial charge in [-0.15, -0.1) is 5.10 Å². The second-order valence-electron chi connectivity index (χ2n) is 11.3. The van der Waals surface area contributed by atoms with E-state index < -0.39 is 17.7 Å². The summed E-state index contributed by atoms with van der Waals surface area (Å²) < 4.78 is 0. The molecule has 0 spiro atoms. The third kappa shape index (κ3) is 7.28. The lowest BCUT2D eigenvalue weighted by Gasteiger charge is -2.29. The summed E-state index contributed by atoms with van der Waals surface area (Å²) >= 11 is 0. The van der Waals surface area contributed by atoms with Crippen molar-refractivity contribution < 1.29 is 19.8 Å². The van der Waals surface area contributed by atoms with E-state index in [0.29, 0.717) is 24.5 Å². The Labute approximate surface area is 249 Å². The molecule has 1 aliphatic heterocycles. The summed E-state index contributed by atoms with van der Waals surface area (Å²) in [6.45, 7) is 3.74. The van der Waals surface area contributed by atoms with Crippen molar-refractivity contribution in [1.29, 1.82) is 0 Å². The summed E-state index contributed by atoms with van der Waals surface area (Å²) in [5.41, 5.74) is 4.03. The first-order valence-electron chi connectivity index (χ1n) is 14.2. The SMILES string of the molecule is CC(C)(CC(=O)N[C@@H]1CCc2cccnc2N(Cc2ccc(-c3ccccc3-c3nnn[nH]3)cc2)C1=O)NC[C@H](O)CO. The Morgan fingerprint density at radius 1 is 1.12 bits per heavy atom. The number of tetrazole rings is 1. The molecule has 2 atom stereocenters. The number of hydrogen-bond acceptors (Lipinski definition) is 9. The standard InChI is InChI=1S/C31H36N8O4/c1-31(2,33-17-23(41)19-40)16-27(42)34-26-14-13-22-6-5-15-32-29(22)39(30(26)43)18-20-9-11-21(12-10-20)24-7-3-4-8-25(24)28-35-37-38-36-28/h3-12,15,23,26,33,40-41H,13-14,16-19H2,1-2H3,(H,34,42)(H,35,36,37,38)/t23-,26+/m0/s1. The summed E-state index contributed by atoms with van der Waals surface area (Å²) in [7, 11) is 0. The van der Waals surface area contributed by atoms with Gasteiger partial charge in [-0.3, -0.25) is 14.5 Å². The summed E-state index contributed by atoms with van der Waals surface area (Å²) in [5, 5.41) is 39.0. The molecule has 0 unspecified atom stereocenters. The molecule has 0 aliphatic carbocycles. The van der Waals surface area contributed by atoms with E-state index in [1.807, 2.05) is 74.5 Å². The number of aryl methyl sites for hydroxylation is 1. The number of benzene rings is 2. The number of nitrogens with one attached hydrogen (secondary N) is 3. The van der Waals surface area contributed by atoms with Gasteiger partial charge in [0.1, 0.15) is 11.9 Å². The highest BCUT2D eigenvalue weighted by Gasteiger charge is 2.33. The normalized spacial score (nSPS) is 16.0. The molecule has 0 radical (unpaired) electrons. The van der Waals surface area contributed by atoms with Crippen molar-refractivity contribution in [3.8, 4) is 22.5 Å². The number of anilines is 1. The van der Waals surface area contributed by atoms with Crippen LogP contribution in [-0.2, 0) is 22.6 Å². The number of aliphatic hydroxyl groups excluding tert-OH is 2. The van der Waals surface area contributed by atoms with Gasteiger partial charge < -0.3 is 20.8 Å². The van der Waals surface area contributed by atoms with E-state index >= 15 is 0 Å². The van der Waals surface area contributed by atoms with Crippen LogP contribution < -0.4 is 15.5 Å². The van der Waals surface area contributed by atoms with E-state index in [-0.39, 0.29) is 37.9 Å². The van der Waals surface area contributed by atoms with E-state index in [1.165, 1.54) is 0 Å². The number of β-amino-alcohol motifs (C(OH)–C–C–N with tert-alkyl or cyclic N) is 1. The molecule has 5 N–H and O–H groups in total. The zero-order chi connectivity index (χ0) is 30.4. The average Bonchev–Trinajstić information content (AvgIpc) is 3.52. The molecule has 5 rings (SSSR count). The number of rotatable bonds is 11. The maximum Gasteiger partial charge on any atom is 0.251 e. The zero-order valence-electron chi connectivity index (χ0n) is 24.2. The van der Waals surface area contributed by atoms with Crippen LogP contribution in [0.4, 0.5) is 5.82 Å². The van der Waals surface area contributed by atoms with Gasteiger partial charge in [0, 0.05) is 30.3 Å². The minimum absolute atomic E-state index is 0.0905. The van der Waals surface area contributed by atoms with Crippen LogP contribution in [0.1, 0.15) is 37.8 Å². The molecule has 0 saturated heterocycles. The number of carbonyl (C=O) groups is 2. The molecule has 1 aliphatic rings. The Kier molecular flexibility index (Phi) is 9.19.